The number of carbonyl (C=O) groups excluding carboxylic acids is 1. The monoisotopic (exact) mass is 391 g/mol. The molecule has 150 valence electrons. The second kappa shape index (κ2) is 8.92. The number of fused-ring (bicyclic) bond motifs is 1. The van der Waals surface area contributed by atoms with Crippen LogP contribution in [-0.4, -0.2) is 43.8 Å². The zero-order valence-corrected chi connectivity index (χ0v) is 16.6. The Labute approximate surface area is 170 Å². The summed E-state index contributed by atoms with van der Waals surface area (Å²) in [6.45, 7) is 5.82. The highest BCUT2D eigenvalue weighted by Gasteiger charge is 2.18. The Morgan fingerprint density at radius 3 is 2.72 bits per heavy atom. The molecule has 0 unspecified atom stereocenters. The molecular formula is C23H25N3O3. The summed E-state index contributed by atoms with van der Waals surface area (Å²) in [6, 6.07) is 17.4. The van der Waals surface area contributed by atoms with Crippen molar-refractivity contribution < 1.29 is 14.3 Å². The molecule has 0 radical (unpaired) electrons. The van der Waals surface area contributed by atoms with Crippen molar-refractivity contribution in [1.82, 2.24) is 10.3 Å². The highest BCUT2D eigenvalue weighted by molar-refractivity contribution is 6.07. The number of carbonyl (C=O) groups is 1. The molecule has 29 heavy (non-hydrogen) atoms. The lowest BCUT2D eigenvalue weighted by atomic mass is 10.1. The van der Waals surface area contributed by atoms with Gasteiger partial charge in [0.05, 0.1) is 30.9 Å². The summed E-state index contributed by atoms with van der Waals surface area (Å²) in [5.41, 5.74) is 2.40. The molecule has 6 heteroatoms. The molecule has 2 heterocycles. The number of para-hydroxylation sites is 2. The average Bonchev–Trinajstić information content (AvgIpc) is 2.78. The third-order valence-electron chi connectivity index (χ3n) is 4.99. The molecular weight excluding hydrogens is 366 g/mol. The van der Waals surface area contributed by atoms with Crippen molar-refractivity contribution in [2.75, 3.05) is 37.8 Å². The van der Waals surface area contributed by atoms with Crippen LogP contribution < -0.4 is 15.0 Å². The van der Waals surface area contributed by atoms with E-state index in [0.717, 1.165) is 41.1 Å². The van der Waals surface area contributed by atoms with E-state index in [1.807, 2.05) is 61.5 Å². The number of aromatic nitrogens is 1. The van der Waals surface area contributed by atoms with Gasteiger partial charge in [0, 0.05) is 30.6 Å². The van der Waals surface area contributed by atoms with Crippen molar-refractivity contribution in [3.63, 3.8) is 0 Å². The second-order valence-corrected chi connectivity index (χ2v) is 6.87. The molecule has 1 aliphatic rings. The number of anilines is 1. The molecule has 0 aliphatic carbocycles. The topological polar surface area (TPSA) is 63.7 Å². The lowest BCUT2D eigenvalue weighted by molar-refractivity contribution is 0.0952. The van der Waals surface area contributed by atoms with E-state index in [9.17, 15) is 4.79 Å². The van der Waals surface area contributed by atoms with Crippen LogP contribution in [0.15, 0.2) is 54.6 Å². The van der Waals surface area contributed by atoms with Crippen LogP contribution in [0, 0.1) is 0 Å². The van der Waals surface area contributed by atoms with Gasteiger partial charge in [-0.25, -0.2) is 4.98 Å². The zero-order chi connectivity index (χ0) is 20.1. The maximum absolute atomic E-state index is 13.1. The van der Waals surface area contributed by atoms with Gasteiger partial charge in [-0.1, -0.05) is 36.4 Å². The molecule has 0 spiro atoms. The van der Waals surface area contributed by atoms with E-state index in [-0.39, 0.29) is 5.91 Å². The zero-order valence-electron chi connectivity index (χ0n) is 16.6. The highest BCUT2D eigenvalue weighted by Crippen LogP contribution is 2.24. The van der Waals surface area contributed by atoms with Crippen LogP contribution in [0.25, 0.3) is 10.9 Å². The fraction of sp³-hybridized carbons (Fsp3) is 0.304. The van der Waals surface area contributed by atoms with E-state index in [1.165, 1.54) is 0 Å². The van der Waals surface area contributed by atoms with Crippen molar-refractivity contribution in [2.45, 2.75) is 13.5 Å². The Kier molecular flexibility index (Phi) is 5.91. The Morgan fingerprint density at radius 1 is 1.14 bits per heavy atom. The molecule has 0 atom stereocenters. The molecule has 1 saturated heterocycles. The maximum Gasteiger partial charge on any atom is 0.252 e. The van der Waals surface area contributed by atoms with Crippen molar-refractivity contribution in [3.05, 3.63) is 65.7 Å². The minimum Gasteiger partial charge on any atom is -0.494 e. The van der Waals surface area contributed by atoms with Gasteiger partial charge in [-0.15, -0.1) is 0 Å². The van der Waals surface area contributed by atoms with Gasteiger partial charge in [-0.05, 0) is 25.1 Å². The molecule has 1 aromatic heterocycles. The summed E-state index contributed by atoms with van der Waals surface area (Å²) in [4.78, 5) is 20.0. The molecule has 1 fully saturated rings. The lowest BCUT2D eigenvalue weighted by Gasteiger charge is -2.28. The Morgan fingerprint density at radius 2 is 1.90 bits per heavy atom. The number of amides is 1. The molecule has 0 bridgehead atoms. The van der Waals surface area contributed by atoms with Crippen molar-refractivity contribution in [2.24, 2.45) is 0 Å². The molecule has 0 saturated carbocycles. The predicted molar refractivity (Wildman–Crippen MR) is 114 cm³/mol. The first kappa shape index (κ1) is 19.2. The van der Waals surface area contributed by atoms with Gasteiger partial charge in [0.25, 0.3) is 5.91 Å². The van der Waals surface area contributed by atoms with E-state index in [1.54, 1.807) is 0 Å². The van der Waals surface area contributed by atoms with Crippen LogP contribution in [0.4, 0.5) is 5.82 Å². The van der Waals surface area contributed by atoms with Crippen molar-refractivity contribution >= 4 is 22.6 Å². The van der Waals surface area contributed by atoms with E-state index < -0.39 is 0 Å². The summed E-state index contributed by atoms with van der Waals surface area (Å²) in [5.74, 6) is 1.49. The van der Waals surface area contributed by atoms with Crippen LogP contribution in [0.5, 0.6) is 5.75 Å². The summed E-state index contributed by atoms with van der Waals surface area (Å²) in [6.07, 6.45) is 0. The van der Waals surface area contributed by atoms with Crippen LogP contribution in [0.1, 0.15) is 22.8 Å². The number of hydrogen-bond acceptors (Lipinski definition) is 5. The molecule has 1 amide bonds. The molecule has 1 aliphatic heterocycles. The smallest absolute Gasteiger partial charge is 0.252 e. The number of rotatable bonds is 6. The fourth-order valence-corrected chi connectivity index (χ4v) is 3.52. The van der Waals surface area contributed by atoms with Crippen LogP contribution in [0.3, 0.4) is 0 Å². The molecule has 6 nitrogen and oxygen atoms in total. The van der Waals surface area contributed by atoms with E-state index >= 15 is 0 Å². The molecule has 1 N–H and O–H groups in total. The third kappa shape index (κ3) is 4.32. The Hall–Kier alpha value is -3.12. The van der Waals surface area contributed by atoms with Crippen LogP contribution >= 0.6 is 0 Å². The van der Waals surface area contributed by atoms with Crippen LogP contribution in [-0.2, 0) is 11.3 Å². The van der Waals surface area contributed by atoms with Gasteiger partial charge >= 0.3 is 0 Å². The largest absolute Gasteiger partial charge is 0.494 e. The lowest BCUT2D eigenvalue weighted by Crippen LogP contribution is -2.37. The number of hydrogen-bond donors (Lipinski definition) is 1. The molecule has 2 aromatic carbocycles. The summed E-state index contributed by atoms with van der Waals surface area (Å²) in [7, 11) is 0. The first-order valence-corrected chi connectivity index (χ1v) is 9.97. The molecule has 4 rings (SSSR count). The van der Waals surface area contributed by atoms with Gasteiger partial charge in [0.2, 0.25) is 0 Å². The normalized spacial score (nSPS) is 14.0. The minimum absolute atomic E-state index is 0.121. The first-order chi connectivity index (χ1) is 14.3. The van der Waals surface area contributed by atoms with Gasteiger partial charge in [0.15, 0.2) is 0 Å². The van der Waals surface area contributed by atoms with Crippen LogP contribution in [0.2, 0.25) is 0 Å². The van der Waals surface area contributed by atoms with Gasteiger partial charge in [-0.3, -0.25) is 4.79 Å². The summed E-state index contributed by atoms with van der Waals surface area (Å²) >= 11 is 0. The third-order valence-corrected chi connectivity index (χ3v) is 4.99. The quantitative estimate of drug-likeness (QED) is 0.698. The van der Waals surface area contributed by atoms with Gasteiger partial charge in [-0.2, -0.15) is 0 Å². The van der Waals surface area contributed by atoms with Crippen molar-refractivity contribution in [3.8, 4) is 5.75 Å². The highest BCUT2D eigenvalue weighted by atomic mass is 16.5. The fourth-order valence-electron chi connectivity index (χ4n) is 3.52. The standard InChI is InChI=1S/C23H25N3O3/c1-2-29-21-10-6-3-7-17(21)16-24-23(27)19-15-22(26-11-13-28-14-12-26)25-20-9-5-4-8-18(19)20/h3-10,15H,2,11-14,16H2,1H3,(H,24,27). The molecule has 3 aromatic rings. The maximum atomic E-state index is 13.1. The average molecular weight is 391 g/mol. The number of morpholine rings is 1. The number of nitrogens with zero attached hydrogens (tertiary/aromatic N) is 2. The van der Waals surface area contributed by atoms with Gasteiger partial charge < -0.3 is 19.7 Å². The first-order valence-electron chi connectivity index (χ1n) is 9.97. The van der Waals surface area contributed by atoms with E-state index in [4.69, 9.17) is 14.5 Å². The summed E-state index contributed by atoms with van der Waals surface area (Å²) in [5, 5.41) is 3.89. The van der Waals surface area contributed by atoms with Gasteiger partial charge in [0.1, 0.15) is 11.6 Å². The number of benzene rings is 2. The Balaban J connectivity index is 1.61. The minimum atomic E-state index is -0.121. The number of pyridine rings is 1. The number of nitrogens with one attached hydrogen (secondary N) is 1. The van der Waals surface area contributed by atoms with Crippen molar-refractivity contribution in [1.29, 1.82) is 0 Å². The predicted octanol–water partition coefficient (Wildman–Crippen LogP) is 3.40. The summed E-state index contributed by atoms with van der Waals surface area (Å²) < 4.78 is 11.1. The second-order valence-electron chi connectivity index (χ2n) is 6.87. The Bertz CT molecular complexity index is 1000. The van der Waals surface area contributed by atoms with E-state index in [0.29, 0.717) is 31.9 Å². The number of ether oxygens (including phenoxy) is 2. The van der Waals surface area contributed by atoms with E-state index in [2.05, 4.69) is 10.2 Å². The SMILES string of the molecule is CCOc1ccccc1CNC(=O)c1cc(N2CCOCC2)nc2ccccc12.